The van der Waals surface area contributed by atoms with Gasteiger partial charge >= 0.3 is 5.97 Å². The highest BCUT2D eigenvalue weighted by atomic mass is 16.4. The van der Waals surface area contributed by atoms with Crippen molar-refractivity contribution >= 4 is 17.7 Å². The number of hydrogen-bond acceptors (Lipinski definition) is 4. The predicted octanol–water partition coefficient (Wildman–Crippen LogP) is 1.31. The molecule has 2 heterocycles. The zero-order valence-electron chi connectivity index (χ0n) is 12.1. The van der Waals surface area contributed by atoms with Crippen LogP contribution >= 0.6 is 0 Å². The maximum atomic E-state index is 12.1. The third kappa shape index (κ3) is 3.10. The third-order valence-corrected chi connectivity index (χ3v) is 3.14. The molecule has 2 aromatic rings. The summed E-state index contributed by atoms with van der Waals surface area (Å²) in [6.07, 6.45) is 2.73. The number of carbonyl (C=O) groups is 2. The average Bonchev–Trinajstić information content (AvgIpc) is 3.04. The van der Waals surface area contributed by atoms with E-state index in [-0.39, 0.29) is 11.5 Å². The van der Waals surface area contributed by atoms with E-state index in [1.54, 1.807) is 10.7 Å². The van der Waals surface area contributed by atoms with E-state index in [9.17, 15) is 9.59 Å². The molecule has 0 saturated heterocycles. The van der Waals surface area contributed by atoms with E-state index in [0.717, 1.165) is 12.2 Å². The van der Waals surface area contributed by atoms with Crippen LogP contribution in [0.2, 0.25) is 0 Å². The molecule has 0 aliphatic heterocycles. The normalized spacial score (nSPS) is 12.1. The highest BCUT2D eigenvalue weighted by Gasteiger charge is 2.17. The Bertz CT molecular complexity index is 673. The van der Waals surface area contributed by atoms with Gasteiger partial charge in [0.1, 0.15) is 6.04 Å². The van der Waals surface area contributed by atoms with Crippen molar-refractivity contribution in [3.05, 3.63) is 29.7 Å². The van der Waals surface area contributed by atoms with Crippen LogP contribution in [0.25, 0.3) is 0 Å². The summed E-state index contributed by atoms with van der Waals surface area (Å²) in [5.41, 5.74) is 1.23. The van der Waals surface area contributed by atoms with Gasteiger partial charge in [-0.05, 0) is 20.8 Å². The van der Waals surface area contributed by atoms with Crippen molar-refractivity contribution in [3.63, 3.8) is 0 Å². The highest BCUT2D eigenvalue weighted by molar-refractivity contribution is 6.03. The van der Waals surface area contributed by atoms with Crippen LogP contribution in [-0.4, -0.2) is 36.5 Å². The summed E-state index contributed by atoms with van der Waals surface area (Å²) in [6.45, 7) is 6.07. The fraction of sp³-hybridized carbons (Fsp3) is 0.385. The van der Waals surface area contributed by atoms with Crippen molar-refractivity contribution in [3.8, 4) is 0 Å². The number of carboxylic acids is 1. The second-order valence-corrected chi connectivity index (χ2v) is 4.66. The number of carboxylic acid groups (broad SMARTS) is 1. The number of aryl methyl sites for hydroxylation is 2. The van der Waals surface area contributed by atoms with E-state index in [1.807, 2.05) is 13.8 Å². The Balaban J connectivity index is 2.11. The van der Waals surface area contributed by atoms with Crippen LogP contribution in [0.1, 0.15) is 35.9 Å². The molecule has 2 aromatic heterocycles. The quantitative estimate of drug-likeness (QED) is 0.864. The second-order valence-electron chi connectivity index (χ2n) is 4.66. The molecule has 2 rings (SSSR count). The molecule has 0 aromatic carbocycles. The number of hydrogen-bond donors (Lipinski definition) is 2. The smallest absolute Gasteiger partial charge is 0.328 e. The molecule has 0 aliphatic rings. The Morgan fingerprint density at radius 1 is 1.48 bits per heavy atom. The van der Waals surface area contributed by atoms with Gasteiger partial charge in [0.05, 0.1) is 11.8 Å². The van der Waals surface area contributed by atoms with Crippen molar-refractivity contribution in [2.75, 3.05) is 5.32 Å². The van der Waals surface area contributed by atoms with Crippen molar-refractivity contribution < 1.29 is 14.7 Å². The van der Waals surface area contributed by atoms with Gasteiger partial charge in [0, 0.05) is 24.5 Å². The van der Waals surface area contributed by atoms with Gasteiger partial charge in [-0.15, -0.1) is 0 Å². The van der Waals surface area contributed by atoms with Gasteiger partial charge < -0.3 is 10.4 Å². The molecule has 21 heavy (non-hydrogen) atoms. The molecule has 0 fully saturated rings. The molecule has 1 atom stereocenters. The number of carbonyl (C=O) groups excluding carboxylic acids is 1. The molecule has 1 amide bonds. The molecule has 0 aliphatic carbocycles. The summed E-state index contributed by atoms with van der Waals surface area (Å²) in [4.78, 5) is 22.9. The zero-order chi connectivity index (χ0) is 15.6. The van der Waals surface area contributed by atoms with Crippen LogP contribution in [0.5, 0.6) is 0 Å². The first kappa shape index (κ1) is 14.8. The van der Waals surface area contributed by atoms with Gasteiger partial charge in [0.2, 0.25) is 0 Å². The SMILES string of the molecule is CCn1nc(NC(=O)c2cnn(C(C)C(=O)O)c2)cc1C. The molecule has 8 nitrogen and oxygen atoms in total. The Morgan fingerprint density at radius 3 is 2.76 bits per heavy atom. The fourth-order valence-electron chi connectivity index (χ4n) is 1.86. The molecule has 0 saturated carbocycles. The van der Waals surface area contributed by atoms with Gasteiger partial charge in [0.15, 0.2) is 5.82 Å². The van der Waals surface area contributed by atoms with E-state index in [0.29, 0.717) is 5.82 Å². The summed E-state index contributed by atoms with van der Waals surface area (Å²) in [5.74, 6) is -0.930. The molecule has 8 heteroatoms. The van der Waals surface area contributed by atoms with Crippen LogP contribution in [0, 0.1) is 6.92 Å². The molecule has 2 N–H and O–H groups in total. The van der Waals surface area contributed by atoms with Crippen LogP contribution in [0.15, 0.2) is 18.5 Å². The lowest BCUT2D eigenvalue weighted by Crippen LogP contribution is -2.16. The lowest BCUT2D eigenvalue weighted by Gasteiger charge is -2.05. The van der Waals surface area contributed by atoms with Crippen LogP contribution in [0.4, 0.5) is 5.82 Å². The van der Waals surface area contributed by atoms with E-state index in [1.165, 1.54) is 24.0 Å². The Labute approximate surface area is 121 Å². The molecule has 0 bridgehead atoms. The van der Waals surface area contributed by atoms with Crippen molar-refractivity contribution in [1.29, 1.82) is 0 Å². The average molecular weight is 291 g/mol. The molecule has 0 spiro atoms. The maximum absolute atomic E-state index is 12.1. The van der Waals surface area contributed by atoms with Crippen LogP contribution in [0.3, 0.4) is 0 Å². The first-order valence-corrected chi connectivity index (χ1v) is 6.55. The number of nitrogens with one attached hydrogen (secondary N) is 1. The summed E-state index contributed by atoms with van der Waals surface area (Å²) < 4.78 is 3.00. The van der Waals surface area contributed by atoms with E-state index in [4.69, 9.17) is 5.11 Å². The van der Waals surface area contributed by atoms with Gasteiger partial charge in [0.25, 0.3) is 5.91 Å². The third-order valence-electron chi connectivity index (χ3n) is 3.14. The Morgan fingerprint density at radius 2 is 2.19 bits per heavy atom. The number of aromatic nitrogens is 4. The number of amides is 1. The summed E-state index contributed by atoms with van der Waals surface area (Å²) in [7, 11) is 0. The van der Waals surface area contributed by atoms with Crippen molar-refractivity contribution in [2.24, 2.45) is 0 Å². The number of rotatable bonds is 5. The van der Waals surface area contributed by atoms with Gasteiger partial charge in [-0.2, -0.15) is 10.2 Å². The maximum Gasteiger partial charge on any atom is 0.328 e. The Kier molecular flexibility index (Phi) is 4.06. The minimum Gasteiger partial charge on any atom is -0.480 e. The highest BCUT2D eigenvalue weighted by Crippen LogP contribution is 2.11. The molecular formula is C13H17N5O3. The van der Waals surface area contributed by atoms with E-state index >= 15 is 0 Å². The molecular weight excluding hydrogens is 274 g/mol. The number of anilines is 1. The minimum absolute atomic E-state index is 0.284. The lowest BCUT2D eigenvalue weighted by molar-refractivity contribution is -0.140. The topological polar surface area (TPSA) is 102 Å². The van der Waals surface area contributed by atoms with Gasteiger partial charge in [-0.25, -0.2) is 4.79 Å². The van der Waals surface area contributed by atoms with E-state index in [2.05, 4.69) is 15.5 Å². The first-order chi connectivity index (χ1) is 9.92. The zero-order valence-corrected chi connectivity index (χ0v) is 12.1. The van der Waals surface area contributed by atoms with Crippen molar-refractivity contribution in [2.45, 2.75) is 33.4 Å². The monoisotopic (exact) mass is 291 g/mol. The minimum atomic E-state index is -1.01. The van der Waals surface area contributed by atoms with Gasteiger partial charge in [-0.3, -0.25) is 14.2 Å². The molecule has 112 valence electrons. The summed E-state index contributed by atoms with van der Waals surface area (Å²) in [5, 5.41) is 19.7. The summed E-state index contributed by atoms with van der Waals surface area (Å²) in [6, 6.07) is 0.944. The largest absolute Gasteiger partial charge is 0.480 e. The van der Waals surface area contributed by atoms with Crippen LogP contribution < -0.4 is 5.32 Å². The van der Waals surface area contributed by atoms with Crippen molar-refractivity contribution in [1.82, 2.24) is 19.6 Å². The Hall–Kier alpha value is -2.64. The number of nitrogens with zero attached hydrogens (tertiary/aromatic N) is 4. The summed E-state index contributed by atoms with van der Waals surface area (Å²) >= 11 is 0. The van der Waals surface area contributed by atoms with Gasteiger partial charge in [-0.1, -0.05) is 0 Å². The lowest BCUT2D eigenvalue weighted by atomic mass is 10.3. The molecule has 1 unspecified atom stereocenters. The fourth-order valence-corrected chi connectivity index (χ4v) is 1.86. The van der Waals surface area contributed by atoms with E-state index < -0.39 is 12.0 Å². The number of aliphatic carboxylic acids is 1. The molecule has 0 radical (unpaired) electrons. The van der Waals surface area contributed by atoms with Crippen LogP contribution in [-0.2, 0) is 11.3 Å². The predicted molar refractivity (Wildman–Crippen MR) is 75.2 cm³/mol. The first-order valence-electron chi connectivity index (χ1n) is 6.55. The second kappa shape index (κ2) is 5.78. The standard InChI is InChI=1S/C13H17N5O3/c1-4-17-8(2)5-11(16-17)15-12(19)10-6-14-18(7-10)9(3)13(20)21/h5-7,9H,4H2,1-3H3,(H,20,21)(H,15,16,19).